The molecule has 1 atom stereocenters. The highest BCUT2D eigenvalue weighted by atomic mass is 16.5. The first kappa shape index (κ1) is 9.44. The second-order valence-corrected chi connectivity index (χ2v) is 4.38. The molecule has 1 aliphatic carbocycles. The zero-order valence-corrected chi connectivity index (χ0v) is 8.41. The van der Waals surface area contributed by atoms with Crippen molar-refractivity contribution in [3.63, 3.8) is 0 Å². The third-order valence-corrected chi connectivity index (χ3v) is 3.41. The highest BCUT2D eigenvalue weighted by molar-refractivity contribution is 4.90. The van der Waals surface area contributed by atoms with Crippen LogP contribution < -0.4 is 5.73 Å². The molecule has 0 radical (unpaired) electrons. The first-order chi connectivity index (χ1) is 6.29. The van der Waals surface area contributed by atoms with E-state index in [0.717, 1.165) is 12.6 Å². The van der Waals surface area contributed by atoms with E-state index in [0.29, 0.717) is 12.1 Å². The highest BCUT2D eigenvalue weighted by Crippen LogP contribution is 2.29. The fraction of sp³-hybridized carbons (Fsp3) is 1.00. The van der Waals surface area contributed by atoms with Crippen molar-refractivity contribution in [3.8, 4) is 0 Å². The van der Waals surface area contributed by atoms with Crippen LogP contribution in [-0.4, -0.2) is 43.3 Å². The number of methoxy groups -OCH3 is 1. The van der Waals surface area contributed by atoms with Gasteiger partial charge in [0.2, 0.25) is 0 Å². The molecular weight excluding hydrogens is 164 g/mol. The van der Waals surface area contributed by atoms with Gasteiger partial charge in [0.15, 0.2) is 0 Å². The summed E-state index contributed by atoms with van der Waals surface area (Å²) in [5.74, 6) is 0. The summed E-state index contributed by atoms with van der Waals surface area (Å²) in [6.07, 6.45) is 5.42. The molecule has 2 fully saturated rings. The Morgan fingerprint density at radius 1 is 1.38 bits per heavy atom. The topological polar surface area (TPSA) is 38.5 Å². The largest absolute Gasteiger partial charge is 0.381 e. The second kappa shape index (κ2) is 3.95. The summed E-state index contributed by atoms with van der Waals surface area (Å²) < 4.78 is 5.28. The molecule has 76 valence electrons. The molecular formula is C10H20N2O. The summed E-state index contributed by atoms with van der Waals surface area (Å²) in [6.45, 7) is 2.34. The average Bonchev–Trinajstić information content (AvgIpc) is 2.02. The van der Waals surface area contributed by atoms with E-state index < -0.39 is 0 Å². The molecule has 3 heteroatoms. The van der Waals surface area contributed by atoms with Gasteiger partial charge in [-0.05, 0) is 32.2 Å². The van der Waals surface area contributed by atoms with Gasteiger partial charge in [0.25, 0.3) is 0 Å². The van der Waals surface area contributed by atoms with Crippen LogP contribution in [0.2, 0.25) is 0 Å². The molecule has 1 aliphatic heterocycles. The Bertz CT molecular complexity index is 168. The number of nitrogens with zero attached hydrogens (tertiary/aromatic N) is 1. The number of hydrogen-bond donors (Lipinski definition) is 1. The lowest BCUT2D eigenvalue weighted by atomic mass is 9.86. The zero-order chi connectivity index (χ0) is 9.26. The zero-order valence-electron chi connectivity index (χ0n) is 8.41. The smallest absolute Gasteiger partial charge is 0.0601 e. The molecule has 0 amide bonds. The van der Waals surface area contributed by atoms with Gasteiger partial charge in [0.05, 0.1) is 6.10 Å². The summed E-state index contributed by atoms with van der Waals surface area (Å²) in [5, 5.41) is 0. The van der Waals surface area contributed by atoms with Gasteiger partial charge < -0.3 is 10.5 Å². The molecule has 2 rings (SSSR count). The van der Waals surface area contributed by atoms with E-state index in [4.69, 9.17) is 10.5 Å². The Morgan fingerprint density at radius 2 is 2.15 bits per heavy atom. The number of nitrogens with two attached hydrogens (primary N) is 1. The van der Waals surface area contributed by atoms with E-state index in [1.165, 1.54) is 32.2 Å². The van der Waals surface area contributed by atoms with E-state index in [9.17, 15) is 0 Å². The van der Waals surface area contributed by atoms with Gasteiger partial charge in [-0.2, -0.15) is 0 Å². The van der Waals surface area contributed by atoms with Gasteiger partial charge in [0, 0.05) is 25.7 Å². The predicted molar refractivity (Wildman–Crippen MR) is 52.6 cm³/mol. The average molecular weight is 184 g/mol. The maximum absolute atomic E-state index is 5.94. The molecule has 0 aromatic carbocycles. The number of ether oxygens (including phenoxy) is 1. The van der Waals surface area contributed by atoms with Crippen LogP contribution in [-0.2, 0) is 4.74 Å². The lowest BCUT2D eigenvalue weighted by Crippen LogP contribution is -2.53. The summed E-state index contributed by atoms with van der Waals surface area (Å²) in [6, 6.07) is 1.17. The summed E-state index contributed by atoms with van der Waals surface area (Å²) in [4.78, 5) is 2.55. The Hall–Kier alpha value is -0.120. The van der Waals surface area contributed by atoms with Crippen LogP contribution in [0.15, 0.2) is 0 Å². The van der Waals surface area contributed by atoms with Crippen molar-refractivity contribution in [1.29, 1.82) is 0 Å². The minimum Gasteiger partial charge on any atom is -0.381 e. The molecule has 1 saturated heterocycles. The lowest BCUT2D eigenvalue weighted by Gasteiger charge is -2.45. The second-order valence-electron chi connectivity index (χ2n) is 4.38. The first-order valence-corrected chi connectivity index (χ1v) is 5.32. The molecule has 0 spiro atoms. The van der Waals surface area contributed by atoms with Gasteiger partial charge in [-0.15, -0.1) is 0 Å². The van der Waals surface area contributed by atoms with Crippen molar-refractivity contribution in [2.75, 3.05) is 20.2 Å². The molecule has 3 nitrogen and oxygen atoms in total. The third kappa shape index (κ3) is 2.03. The Labute approximate surface area is 80.2 Å². The number of piperidine rings is 1. The van der Waals surface area contributed by atoms with E-state index >= 15 is 0 Å². The van der Waals surface area contributed by atoms with Gasteiger partial charge in [0.1, 0.15) is 0 Å². The SMILES string of the molecule is COC1CC(N2CCCC(N)C2)C1. The normalized spacial score (nSPS) is 41.5. The van der Waals surface area contributed by atoms with Crippen molar-refractivity contribution in [1.82, 2.24) is 4.90 Å². The van der Waals surface area contributed by atoms with Gasteiger partial charge in [-0.1, -0.05) is 0 Å². The molecule has 1 saturated carbocycles. The van der Waals surface area contributed by atoms with E-state index in [1.807, 2.05) is 7.11 Å². The minimum absolute atomic E-state index is 0.412. The molecule has 0 aromatic rings. The monoisotopic (exact) mass is 184 g/mol. The standard InChI is InChI=1S/C10H20N2O/c1-13-10-5-9(6-10)12-4-2-3-8(11)7-12/h8-10H,2-7,11H2,1H3. The van der Waals surface area contributed by atoms with E-state index in [1.54, 1.807) is 0 Å². The van der Waals surface area contributed by atoms with Crippen LogP contribution in [0.4, 0.5) is 0 Å². The molecule has 0 aromatic heterocycles. The van der Waals surface area contributed by atoms with Crippen LogP contribution in [0.1, 0.15) is 25.7 Å². The maximum atomic E-state index is 5.94. The van der Waals surface area contributed by atoms with Crippen LogP contribution in [0.25, 0.3) is 0 Å². The quantitative estimate of drug-likeness (QED) is 0.682. The molecule has 2 N–H and O–H groups in total. The molecule has 13 heavy (non-hydrogen) atoms. The van der Waals surface area contributed by atoms with Crippen molar-refractivity contribution < 1.29 is 4.74 Å². The molecule has 1 unspecified atom stereocenters. The minimum atomic E-state index is 0.412. The first-order valence-electron chi connectivity index (χ1n) is 5.32. The molecule has 1 heterocycles. The third-order valence-electron chi connectivity index (χ3n) is 3.41. The number of hydrogen-bond acceptors (Lipinski definition) is 3. The summed E-state index contributed by atoms with van der Waals surface area (Å²) in [5.41, 5.74) is 5.94. The van der Waals surface area contributed by atoms with Crippen molar-refractivity contribution in [3.05, 3.63) is 0 Å². The summed E-state index contributed by atoms with van der Waals surface area (Å²) in [7, 11) is 1.81. The van der Waals surface area contributed by atoms with Gasteiger partial charge >= 0.3 is 0 Å². The summed E-state index contributed by atoms with van der Waals surface area (Å²) >= 11 is 0. The molecule has 0 bridgehead atoms. The highest BCUT2D eigenvalue weighted by Gasteiger charge is 2.35. The maximum Gasteiger partial charge on any atom is 0.0601 e. The number of rotatable bonds is 2. The lowest BCUT2D eigenvalue weighted by molar-refractivity contribution is -0.0341. The van der Waals surface area contributed by atoms with E-state index in [-0.39, 0.29) is 0 Å². The van der Waals surface area contributed by atoms with Crippen LogP contribution in [0, 0.1) is 0 Å². The number of likely N-dealkylation sites (tertiary alicyclic amines) is 1. The molecule has 2 aliphatic rings. The van der Waals surface area contributed by atoms with Gasteiger partial charge in [-0.25, -0.2) is 0 Å². The van der Waals surface area contributed by atoms with Crippen LogP contribution in [0.5, 0.6) is 0 Å². The fourth-order valence-electron chi connectivity index (χ4n) is 2.40. The predicted octanol–water partition coefficient (Wildman–Crippen LogP) is 0.587. The Balaban J connectivity index is 1.75. The van der Waals surface area contributed by atoms with Crippen molar-refractivity contribution in [2.24, 2.45) is 5.73 Å². The Kier molecular flexibility index (Phi) is 2.86. The van der Waals surface area contributed by atoms with E-state index in [2.05, 4.69) is 4.90 Å². The Morgan fingerprint density at radius 3 is 2.77 bits per heavy atom. The van der Waals surface area contributed by atoms with Crippen molar-refractivity contribution >= 4 is 0 Å². The van der Waals surface area contributed by atoms with Gasteiger partial charge in [-0.3, -0.25) is 4.90 Å². The fourth-order valence-corrected chi connectivity index (χ4v) is 2.40. The van der Waals surface area contributed by atoms with Crippen molar-refractivity contribution in [2.45, 2.75) is 43.9 Å². The van der Waals surface area contributed by atoms with Crippen LogP contribution in [0.3, 0.4) is 0 Å². The van der Waals surface area contributed by atoms with Crippen LogP contribution >= 0.6 is 0 Å².